The first kappa shape index (κ1) is 18.0. The van der Waals surface area contributed by atoms with E-state index >= 15 is 0 Å². The Balaban J connectivity index is 1.61. The van der Waals surface area contributed by atoms with Gasteiger partial charge in [0.1, 0.15) is 17.5 Å². The zero-order valence-electron chi connectivity index (χ0n) is 14.8. The number of H-pyrrole nitrogens is 1. The minimum absolute atomic E-state index is 0.188. The van der Waals surface area contributed by atoms with Gasteiger partial charge in [0.15, 0.2) is 0 Å². The summed E-state index contributed by atoms with van der Waals surface area (Å²) in [7, 11) is 0. The Morgan fingerprint density at radius 3 is 2.57 bits per heavy atom. The lowest BCUT2D eigenvalue weighted by Gasteiger charge is -2.20. The van der Waals surface area contributed by atoms with Crippen LogP contribution < -0.4 is 5.56 Å². The van der Waals surface area contributed by atoms with Crippen molar-refractivity contribution < 1.29 is 13.6 Å². The van der Waals surface area contributed by atoms with Gasteiger partial charge in [-0.05, 0) is 30.7 Å². The zero-order valence-corrected chi connectivity index (χ0v) is 14.8. The predicted octanol–water partition coefficient (Wildman–Crippen LogP) is 2.35. The van der Waals surface area contributed by atoms with Crippen LogP contribution in [0, 0.1) is 11.6 Å². The van der Waals surface area contributed by atoms with Crippen LogP contribution in [-0.4, -0.2) is 38.8 Å². The number of nitrogens with zero attached hydrogens (tertiary/aromatic N) is 3. The summed E-state index contributed by atoms with van der Waals surface area (Å²) >= 11 is 0. The molecule has 28 heavy (non-hydrogen) atoms. The number of carbonyl (C=O) groups is 1. The van der Waals surface area contributed by atoms with E-state index in [0.717, 1.165) is 17.7 Å². The minimum Gasteiger partial charge on any atom is -0.338 e. The number of halogens is 2. The van der Waals surface area contributed by atoms with E-state index in [1.165, 1.54) is 4.90 Å². The summed E-state index contributed by atoms with van der Waals surface area (Å²) in [6.45, 7) is 0.539. The average Bonchev–Trinajstić information content (AvgIpc) is 2.91. The predicted molar refractivity (Wildman–Crippen MR) is 97.8 cm³/mol. The molecule has 1 aromatic carbocycles. The van der Waals surface area contributed by atoms with Gasteiger partial charge in [0.2, 0.25) is 0 Å². The first-order valence-electron chi connectivity index (χ1n) is 8.80. The maximum absolute atomic E-state index is 14.0. The number of aromatic amines is 1. The van der Waals surface area contributed by atoms with Crippen molar-refractivity contribution in [1.29, 1.82) is 0 Å². The normalized spacial score (nSPS) is 13.7. The van der Waals surface area contributed by atoms with Crippen LogP contribution in [0.25, 0.3) is 11.4 Å². The number of carbonyl (C=O) groups excluding carboxylic acids is 1. The summed E-state index contributed by atoms with van der Waals surface area (Å²) in [5.74, 6) is -1.73. The third-order valence-corrected chi connectivity index (χ3v) is 4.75. The molecule has 0 bridgehead atoms. The van der Waals surface area contributed by atoms with E-state index in [9.17, 15) is 18.4 Å². The second-order valence-corrected chi connectivity index (χ2v) is 6.49. The van der Waals surface area contributed by atoms with Crippen molar-refractivity contribution >= 4 is 5.91 Å². The Hall–Kier alpha value is -3.42. The summed E-state index contributed by atoms with van der Waals surface area (Å²) in [6.07, 6.45) is 3.89. The smallest absolute Gasteiger partial charge is 0.256 e. The Kier molecular flexibility index (Phi) is 4.68. The molecule has 0 fully saturated rings. The highest BCUT2D eigenvalue weighted by atomic mass is 19.1. The third kappa shape index (κ3) is 3.40. The van der Waals surface area contributed by atoms with Gasteiger partial charge in [-0.3, -0.25) is 14.6 Å². The quantitative estimate of drug-likeness (QED) is 0.738. The summed E-state index contributed by atoms with van der Waals surface area (Å²) in [4.78, 5) is 37.9. The van der Waals surface area contributed by atoms with Crippen LogP contribution in [0.4, 0.5) is 8.78 Å². The Labute approximate surface area is 158 Å². The lowest BCUT2D eigenvalue weighted by atomic mass is 10.1. The number of hydrogen-bond acceptors (Lipinski definition) is 4. The van der Waals surface area contributed by atoms with E-state index in [4.69, 9.17) is 0 Å². The molecule has 0 radical (unpaired) electrons. The SMILES string of the molecule is O=C(c1ccc(F)cc1F)N1CCc2nc(-c3ccncc3)[nH]c(=O)c2CC1. The molecule has 0 saturated carbocycles. The van der Waals surface area contributed by atoms with Gasteiger partial charge in [-0.15, -0.1) is 0 Å². The van der Waals surface area contributed by atoms with Gasteiger partial charge in [-0.25, -0.2) is 13.8 Å². The van der Waals surface area contributed by atoms with Gasteiger partial charge in [-0.2, -0.15) is 0 Å². The van der Waals surface area contributed by atoms with Crippen LogP contribution in [-0.2, 0) is 12.8 Å². The van der Waals surface area contributed by atoms with Crippen LogP contribution in [0.3, 0.4) is 0 Å². The molecule has 0 unspecified atom stereocenters. The number of rotatable bonds is 2. The van der Waals surface area contributed by atoms with Crippen LogP contribution in [0.2, 0.25) is 0 Å². The Bertz CT molecular complexity index is 1100. The molecule has 142 valence electrons. The maximum Gasteiger partial charge on any atom is 0.256 e. The average molecular weight is 382 g/mol. The Morgan fingerprint density at radius 1 is 1.07 bits per heavy atom. The molecule has 4 rings (SSSR count). The Morgan fingerprint density at radius 2 is 1.82 bits per heavy atom. The lowest BCUT2D eigenvalue weighted by molar-refractivity contribution is 0.0758. The van der Waals surface area contributed by atoms with Gasteiger partial charge < -0.3 is 9.88 Å². The third-order valence-electron chi connectivity index (χ3n) is 4.75. The summed E-state index contributed by atoms with van der Waals surface area (Å²) < 4.78 is 27.1. The maximum atomic E-state index is 14.0. The van der Waals surface area contributed by atoms with E-state index in [1.807, 2.05) is 0 Å². The van der Waals surface area contributed by atoms with Crippen LogP contribution in [0.5, 0.6) is 0 Å². The minimum atomic E-state index is -0.900. The van der Waals surface area contributed by atoms with Crippen LogP contribution in [0.1, 0.15) is 21.6 Å². The molecular formula is C20H16F2N4O2. The summed E-state index contributed by atoms with van der Waals surface area (Å²) in [6, 6.07) is 6.36. The molecule has 3 aromatic rings. The van der Waals surface area contributed by atoms with Crippen molar-refractivity contribution in [2.24, 2.45) is 0 Å². The van der Waals surface area contributed by atoms with Crippen molar-refractivity contribution in [3.8, 4) is 11.4 Å². The number of aromatic nitrogens is 3. The van der Waals surface area contributed by atoms with Crippen molar-refractivity contribution in [3.63, 3.8) is 0 Å². The molecule has 0 atom stereocenters. The fourth-order valence-corrected chi connectivity index (χ4v) is 3.29. The molecule has 1 amide bonds. The second-order valence-electron chi connectivity index (χ2n) is 6.49. The molecule has 1 N–H and O–H groups in total. The molecule has 0 saturated heterocycles. The molecular weight excluding hydrogens is 366 g/mol. The number of fused-ring (bicyclic) bond motifs is 1. The summed E-state index contributed by atoms with van der Waals surface area (Å²) in [5, 5.41) is 0. The molecule has 3 heterocycles. The number of amides is 1. The van der Waals surface area contributed by atoms with Crippen molar-refractivity contribution in [2.45, 2.75) is 12.8 Å². The monoisotopic (exact) mass is 382 g/mol. The first-order valence-corrected chi connectivity index (χ1v) is 8.80. The topological polar surface area (TPSA) is 79.0 Å². The molecule has 1 aliphatic heterocycles. The van der Waals surface area contributed by atoms with Gasteiger partial charge in [0.25, 0.3) is 11.5 Å². The highest BCUT2D eigenvalue weighted by Gasteiger charge is 2.24. The van der Waals surface area contributed by atoms with Gasteiger partial charge in [0.05, 0.1) is 11.3 Å². The van der Waals surface area contributed by atoms with Crippen molar-refractivity contribution in [3.05, 3.63) is 81.5 Å². The molecule has 0 spiro atoms. The highest BCUT2D eigenvalue weighted by molar-refractivity contribution is 5.94. The van der Waals surface area contributed by atoms with E-state index in [2.05, 4.69) is 15.0 Å². The standard InChI is InChI=1S/C20H16F2N4O2/c21-13-1-2-14(16(22)11-13)20(28)26-9-5-15-17(6-10-26)24-18(25-19(15)27)12-3-7-23-8-4-12/h1-4,7-8,11H,5-6,9-10H2,(H,24,25,27). The number of nitrogens with one attached hydrogen (secondary N) is 1. The second kappa shape index (κ2) is 7.30. The van der Waals surface area contributed by atoms with Crippen LogP contribution in [0.15, 0.2) is 47.5 Å². The molecule has 2 aromatic heterocycles. The zero-order chi connectivity index (χ0) is 19.7. The molecule has 6 nitrogen and oxygen atoms in total. The van der Waals surface area contributed by atoms with E-state index < -0.39 is 17.5 Å². The van der Waals surface area contributed by atoms with Gasteiger partial charge in [-0.1, -0.05) is 0 Å². The molecule has 0 aliphatic carbocycles. The fraction of sp³-hybridized carbons (Fsp3) is 0.200. The number of hydrogen-bond donors (Lipinski definition) is 1. The largest absolute Gasteiger partial charge is 0.338 e. The number of pyridine rings is 1. The highest BCUT2D eigenvalue weighted by Crippen LogP contribution is 2.18. The molecule has 8 heteroatoms. The van der Waals surface area contributed by atoms with E-state index in [1.54, 1.807) is 24.5 Å². The number of benzene rings is 1. The summed E-state index contributed by atoms with van der Waals surface area (Å²) in [5.41, 5.74) is 1.43. The van der Waals surface area contributed by atoms with E-state index in [-0.39, 0.29) is 24.2 Å². The van der Waals surface area contributed by atoms with Crippen LogP contribution >= 0.6 is 0 Å². The van der Waals surface area contributed by atoms with Gasteiger partial charge in [0, 0.05) is 49.1 Å². The van der Waals surface area contributed by atoms with Crippen molar-refractivity contribution in [2.75, 3.05) is 13.1 Å². The van der Waals surface area contributed by atoms with Gasteiger partial charge >= 0.3 is 0 Å². The van der Waals surface area contributed by atoms with E-state index in [0.29, 0.717) is 36.0 Å². The fourth-order valence-electron chi connectivity index (χ4n) is 3.29. The van der Waals surface area contributed by atoms with Crippen molar-refractivity contribution in [1.82, 2.24) is 19.9 Å². The lowest BCUT2D eigenvalue weighted by Crippen LogP contribution is -2.34. The molecule has 1 aliphatic rings. The first-order chi connectivity index (χ1) is 13.5.